The molecule has 0 spiro atoms. The lowest BCUT2D eigenvalue weighted by Crippen LogP contribution is -2.29. The summed E-state index contributed by atoms with van der Waals surface area (Å²) in [5.41, 5.74) is 10.5. The van der Waals surface area contributed by atoms with Gasteiger partial charge in [-0.1, -0.05) is 48.8 Å². The molecule has 1 aliphatic heterocycles. The van der Waals surface area contributed by atoms with Crippen LogP contribution < -0.4 is 25.4 Å². The standard InChI is InChI=1S/C36H35N3O4S2/c1-4-43-31-19-26(15-16-30(31)42-3)17-18-38-34(40)22-32-24(2)39(29-12-8-11-28(21-29)35(37)41)36(45-32)33-20-27(23-44-33)14-13-25-9-6-5-7-10-25/h5-12,15-16,19-21,23,32,36H,2,4,17-18,22H2,1,3H3,(H2,37,41)(H,38,40). The largest absolute Gasteiger partial charge is 0.493 e. The van der Waals surface area contributed by atoms with Gasteiger partial charge < -0.3 is 25.4 Å². The Kier molecular flexibility index (Phi) is 10.5. The van der Waals surface area contributed by atoms with Crippen molar-refractivity contribution in [2.75, 3.05) is 25.2 Å². The molecule has 0 aliphatic carbocycles. The van der Waals surface area contributed by atoms with Crippen molar-refractivity contribution in [2.24, 2.45) is 5.73 Å². The first-order valence-electron chi connectivity index (χ1n) is 14.6. The van der Waals surface area contributed by atoms with E-state index in [0.717, 1.165) is 33.0 Å². The van der Waals surface area contributed by atoms with Crippen molar-refractivity contribution in [1.29, 1.82) is 0 Å². The lowest BCUT2D eigenvalue weighted by Gasteiger charge is -2.26. The average Bonchev–Trinajstić information content (AvgIpc) is 3.65. The van der Waals surface area contributed by atoms with E-state index in [-0.39, 0.29) is 23.0 Å². The molecule has 0 radical (unpaired) electrons. The van der Waals surface area contributed by atoms with Gasteiger partial charge in [0, 0.05) is 51.3 Å². The summed E-state index contributed by atoms with van der Waals surface area (Å²) in [6.45, 7) is 7.37. The summed E-state index contributed by atoms with van der Waals surface area (Å²) in [6.07, 6.45) is 0.927. The zero-order valence-electron chi connectivity index (χ0n) is 25.2. The summed E-state index contributed by atoms with van der Waals surface area (Å²) in [4.78, 5) is 28.3. The fraction of sp³-hybridized carbons (Fsp3) is 0.222. The van der Waals surface area contributed by atoms with Crippen LogP contribution in [0, 0.1) is 11.8 Å². The van der Waals surface area contributed by atoms with Gasteiger partial charge in [0.05, 0.1) is 19.0 Å². The number of rotatable bonds is 11. The second-order valence-corrected chi connectivity index (χ2v) is 12.6. The molecule has 2 unspecified atom stereocenters. The van der Waals surface area contributed by atoms with E-state index in [1.54, 1.807) is 42.3 Å². The maximum Gasteiger partial charge on any atom is 0.248 e. The Morgan fingerprint density at radius 3 is 2.56 bits per heavy atom. The number of thiophene rings is 1. The molecule has 2 atom stereocenters. The predicted molar refractivity (Wildman–Crippen MR) is 183 cm³/mol. The molecule has 2 heterocycles. The maximum atomic E-state index is 13.2. The van der Waals surface area contributed by atoms with E-state index in [4.69, 9.17) is 15.2 Å². The van der Waals surface area contributed by atoms with Crippen LogP contribution in [0.2, 0.25) is 0 Å². The second-order valence-electron chi connectivity index (χ2n) is 10.3. The Morgan fingerprint density at radius 1 is 1.00 bits per heavy atom. The first-order valence-corrected chi connectivity index (χ1v) is 16.4. The monoisotopic (exact) mass is 637 g/mol. The van der Waals surface area contributed by atoms with E-state index in [0.29, 0.717) is 36.6 Å². The Hall–Kier alpha value is -4.65. The highest BCUT2D eigenvalue weighted by atomic mass is 32.2. The highest BCUT2D eigenvalue weighted by molar-refractivity contribution is 8.01. The van der Waals surface area contributed by atoms with Crippen molar-refractivity contribution in [3.63, 3.8) is 0 Å². The van der Waals surface area contributed by atoms with Crippen LogP contribution in [0.1, 0.15) is 50.6 Å². The number of primary amides is 1. The van der Waals surface area contributed by atoms with Crippen LogP contribution in [0.25, 0.3) is 0 Å². The van der Waals surface area contributed by atoms with Crippen LogP contribution in [-0.2, 0) is 11.2 Å². The third kappa shape index (κ3) is 7.90. The molecule has 2 amide bonds. The minimum atomic E-state index is -0.498. The number of carbonyl (C=O) groups is 2. The summed E-state index contributed by atoms with van der Waals surface area (Å²) in [5, 5.41) is 4.80. The number of hydrogen-bond acceptors (Lipinski definition) is 7. The normalized spacial score (nSPS) is 15.7. The number of nitrogens with one attached hydrogen (secondary N) is 1. The number of amides is 2. The highest BCUT2D eigenvalue weighted by Gasteiger charge is 2.39. The van der Waals surface area contributed by atoms with Crippen LogP contribution in [-0.4, -0.2) is 37.3 Å². The summed E-state index contributed by atoms with van der Waals surface area (Å²) in [6, 6.07) is 25.0. The number of anilines is 1. The molecule has 1 aliphatic rings. The van der Waals surface area contributed by atoms with Gasteiger partial charge in [-0.2, -0.15) is 0 Å². The zero-order valence-corrected chi connectivity index (χ0v) is 26.9. The average molecular weight is 638 g/mol. The van der Waals surface area contributed by atoms with Crippen molar-refractivity contribution in [2.45, 2.75) is 30.4 Å². The fourth-order valence-corrected chi connectivity index (χ4v) is 7.57. The number of nitrogens with zero attached hydrogens (tertiary/aromatic N) is 1. The molecule has 230 valence electrons. The van der Waals surface area contributed by atoms with Gasteiger partial charge in [0.25, 0.3) is 0 Å². The highest BCUT2D eigenvalue weighted by Crippen LogP contribution is 2.52. The van der Waals surface area contributed by atoms with Gasteiger partial charge in [-0.05, 0) is 67.4 Å². The molecule has 1 saturated heterocycles. The third-order valence-corrected chi connectivity index (χ3v) is 9.86. The molecule has 45 heavy (non-hydrogen) atoms. The molecule has 9 heteroatoms. The number of carbonyl (C=O) groups excluding carboxylic acids is 2. The lowest BCUT2D eigenvalue weighted by atomic mass is 10.1. The molecule has 0 bridgehead atoms. The first kappa shape index (κ1) is 31.8. The van der Waals surface area contributed by atoms with Crippen LogP contribution >= 0.6 is 23.1 Å². The summed E-state index contributed by atoms with van der Waals surface area (Å²) in [7, 11) is 1.62. The molecule has 0 saturated carbocycles. The molecule has 1 aromatic heterocycles. The van der Waals surface area contributed by atoms with E-state index in [2.05, 4.69) is 34.7 Å². The number of hydrogen-bond donors (Lipinski definition) is 2. The van der Waals surface area contributed by atoms with E-state index >= 15 is 0 Å². The summed E-state index contributed by atoms with van der Waals surface area (Å²) in [5.74, 6) is 7.30. The molecule has 3 N–H and O–H groups in total. The number of methoxy groups -OCH3 is 1. The van der Waals surface area contributed by atoms with E-state index in [1.807, 2.05) is 73.0 Å². The molecule has 1 fully saturated rings. The van der Waals surface area contributed by atoms with E-state index in [9.17, 15) is 9.59 Å². The van der Waals surface area contributed by atoms with Gasteiger partial charge in [-0.15, -0.1) is 23.1 Å². The number of benzene rings is 3. The van der Waals surface area contributed by atoms with Gasteiger partial charge in [0.2, 0.25) is 11.8 Å². The molecular formula is C36H35N3O4S2. The molecular weight excluding hydrogens is 603 g/mol. The lowest BCUT2D eigenvalue weighted by molar-refractivity contribution is -0.120. The van der Waals surface area contributed by atoms with E-state index in [1.165, 1.54) is 0 Å². The van der Waals surface area contributed by atoms with Gasteiger partial charge in [0.1, 0.15) is 5.37 Å². The van der Waals surface area contributed by atoms with Gasteiger partial charge in [-0.3, -0.25) is 9.59 Å². The topological polar surface area (TPSA) is 93.9 Å². The molecule has 3 aromatic carbocycles. The van der Waals surface area contributed by atoms with Gasteiger partial charge >= 0.3 is 0 Å². The Bertz CT molecular complexity index is 1740. The Morgan fingerprint density at radius 2 is 1.80 bits per heavy atom. The minimum Gasteiger partial charge on any atom is -0.493 e. The molecule has 5 rings (SSSR count). The zero-order chi connectivity index (χ0) is 31.8. The van der Waals surface area contributed by atoms with Crippen molar-refractivity contribution in [3.05, 3.63) is 124 Å². The Balaban J connectivity index is 1.30. The SMILES string of the molecule is C=C1C(CC(=O)NCCc2ccc(OC)c(OCC)c2)SC(c2cc(C#Cc3ccccc3)cs2)N1c1cccc(C(N)=O)c1. The fourth-order valence-electron chi connectivity index (χ4n) is 5.02. The second kappa shape index (κ2) is 14.9. The van der Waals surface area contributed by atoms with Gasteiger partial charge in [0.15, 0.2) is 11.5 Å². The van der Waals surface area contributed by atoms with E-state index < -0.39 is 5.91 Å². The predicted octanol–water partition coefficient (Wildman–Crippen LogP) is 6.54. The van der Waals surface area contributed by atoms with Crippen molar-refractivity contribution >= 4 is 40.6 Å². The van der Waals surface area contributed by atoms with Crippen LogP contribution in [0.4, 0.5) is 5.69 Å². The maximum absolute atomic E-state index is 13.2. The van der Waals surface area contributed by atoms with Crippen molar-refractivity contribution < 1.29 is 19.1 Å². The molecule has 7 nitrogen and oxygen atoms in total. The third-order valence-electron chi connectivity index (χ3n) is 7.24. The number of thioether (sulfide) groups is 1. The van der Waals surface area contributed by atoms with Crippen molar-refractivity contribution in [1.82, 2.24) is 5.32 Å². The van der Waals surface area contributed by atoms with Gasteiger partial charge in [-0.25, -0.2) is 0 Å². The van der Waals surface area contributed by atoms with Crippen LogP contribution in [0.3, 0.4) is 0 Å². The summed E-state index contributed by atoms with van der Waals surface area (Å²) >= 11 is 3.28. The Labute approximate surface area is 272 Å². The van der Waals surface area contributed by atoms with Crippen molar-refractivity contribution in [3.8, 4) is 23.3 Å². The number of ether oxygens (including phenoxy) is 2. The smallest absolute Gasteiger partial charge is 0.248 e. The minimum absolute atomic E-state index is 0.0562. The quantitative estimate of drug-likeness (QED) is 0.182. The summed E-state index contributed by atoms with van der Waals surface area (Å²) < 4.78 is 11.1. The number of nitrogens with two attached hydrogens (primary N) is 1. The van der Waals surface area contributed by atoms with Crippen LogP contribution in [0.5, 0.6) is 11.5 Å². The first-order chi connectivity index (χ1) is 21.9. The van der Waals surface area contributed by atoms with Crippen LogP contribution in [0.15, 0.2) is 96.5 Å². The molecule has 4 aromatic rings.